The molecule has 1 N–H and O–H groups in total. The van der Waals surface area contributed by atoms with E-state index >= 15 is 0 Å². The molecular formula is C14H19ClFNO. The molecule has 1 aliphatic rings. The largest absolute Gasteiger partial charge is 0.376 e. The second-order valence-electron chi connectivity index (χ2n) is 4.99. The number of aryl methyl sites for hydroxylation is 1. The molecule has 2 rings (SSSR count). The summed E-state index contributed by atoms with van der Waals surface area (Å²) in [6, 6.07) is 3.21. The van der Waals surface area contributed by atoms with Gasteiger partial charge in [-0.2, -0.15) is 0 Å². The zero-order chi connectivity index (χ0) is 13.3. The van der Waals surface area contributed by atoms with E-state index in [-0.39, 0.29) is 18.0 Å². The van der Waals surface area contributed by atoms with E-state index in [2.05, 4.69) is 12.2 Å². The van der Waals surface area contributed by atoms with Gasteiger partial charge in [-0.05, 0) is 43.5 Å². The highest BCUT2D eigenvalue weighted by molar-refractivity contribution is 6.31. The Kier molecular flexibility index (Phi) is 4.25. The lowest BCUT2D eigenvalue weighted by Gasteiger charge is -2.27. The minimum absolute atomic E-state index is 0.00861. The number of hydrogen-bond acceptors (Lipinski definition) is 2. The first-order chi connectivity index (χ1) is 8.54. The van der Waals surface area contributed by atoms with Crippen LogP contribution in [0.5, 0.6) is 0 Å². The van der Waals surface area contributed by atoms with Gasteiger partial charge in [0.25, 0.3) is 0 Å². The molecule has 0 amide bonds. The summed E-state index contributed by atoms with van der Waals surface area (Å²) >= 11 is 6.17. The van der Waals surface area contributed by atoms with E-state index in [0.29, 0.717) is 16.5 Å². The first-order valence-corrected chi connectivity index (χ1v) is 6.66. The average molecular weight is 272 g/mol. The van der Waals surface area contributed by atoms with Crippen LogP contribution >= 0.6 is 11.6 Å². The number of ether oxygens (including phenoxy) is 1. The lowest BCUT2D eigenvalue weighted by Crippen LogP contribution is -2.32. The summed E-state index contributed by atoms with van der Waals surface area (Å²) in [7, 11) is 1.88. The molecule has 1 aromatic carbocycles. The van der Waals surface area contributed by atoms with E-state index in [1.165, 1.54) is 6.07 Å². The lowest BCUT2D eigenvalue weighted by atomic mass is 9.92. The molecule has 1 aromatic rings. The van der Waals surface area contributed by atoms with Gasteiger partial charge < -0.3 is 10.1 Å². The van der Waals surface area contributed by atoms with Crippen LogP contribution in [0.1, 0.15) is 30.5 Å². The van der Waals surface area contributed by atoms with Crippen LogP contribution in [0, 0.1) is 18.7 Å². The summed E-state index contributed by atoms with van der Waals surface area (Å²) < 4.78 is 19.2. The monoisotopic (exact) mass is 271 g/mol. The van der Waals surface area contributed by atoms with Gasteiger partial charge in [0.05, 0.1) is 12.1 Å². The Balaban J connectivity index is 2.35. The van der Waals surface area contributed by atoms with Gasteiger partial charge in [-0.3, -0.25) is 0 Å². The SMILES string of the molecule is CNC(c1cc(C)c(F)cc1Cl)C1OCCC1C. The van der Waals surface area contributed by atoms with Gasteiger partial charge in [0, 0.05) is 11.6 Å². The molecule has 18 heavy (non-hydrogen) atoms. The maximum atomic E-state index is 13.4. The quantitative estimate of drug-likeness (QED) is 0.909. The Morgan fingerprint density at radius 2 is 2.22 bits per heavy atom. The fourth-order valence-electron chi connectivity index (χ4n) is 2.56. The molecule has 3 unspecified atom stereocenters. The number of likely N-dealkylation sites (N-methyl/N-ethyl adjacent to an activating group) is 1. The molecule has 0 saturated carbocycles. The molecular weight excluding hydrogens is 253 g/mol. The summed E-state index contributed by atoms with van der Waals surface area (Å²) in [5, 5.41) is 3.70. The highest BCUT2D eigenvalue weighted by Crippen LogP contribution is 2.35. The Hall–Kier alpha value is -0.640. The molecule has 3 atom stereocenters. The molecule has 0 aromatic heterocycles. The van der Waals surface area contributed by atoms with Crippen LogP contribution in [0.3, 0.4) is 0 Å². The minimum Gasteiger partial charge on any atom is -0.376 e. The Morgan fingerprint density at radius 3 is 2.78 bits per heavy atom. The Morgan fingerprint density at radius 1 is 1.50 bits per heavy atom. The van der Waals surface area contributed by atoms with Crippen LogP contribution in [0.4, 0.5) is 4.39 Å². The maximum Gasteiger partial charge on any atom is 0.127 e. The summed E-state index contributed by atoms with van der Waals surface area (Å²) in [4.78, 5) is 0. The van der Waals surface area contributed by atoms with Crippen molar-refractivity contribution in [2.45, 2.75) is 32.4 Å². The molecule has 1 saturated heterocycles. The first-order valence-electron chi connectivity index (χ1n) is 6.29. The van der Waals surface area contributed by atoms with Crippen LogP contribution in [0.15, 0.2) is 12.1 Å². The molecule has 0 radical (unpaired) electrons. The third kappa shape index (κ3) is 2.53. The predicted molar refractivity (Wildman–Crippen MR) is 71.5 cm³/mol. The summed E-state index contributed by atoms with van der Waals surface area (Å²) in [6.45, 7) is 4.70. The van der Waals surface area contributed by atoms with Crippen molar-refractivity contribution in [2.24, 2.45) is 5.92 Å². The fourth-order valence-corrected chi connectivity index (χ4v) is 2.83. The van der Waals surface area contributed by atoms with E-state index in [0.717, 1.165) is 18.6 Å². The van der Waals surface area contributed by atoms with Crippen molar-refractivity contribution in [3.63, 3.8) is 0 Å². The van der Waals surface area contributed by atoms with Crippen molar-refractivity contribution >= 4 is 11.6 Å². The maximum absolute atomic E-state index is 13.4. The standard InChI is InChI=1S/C14H19ClFNO/c1-8-4-5-18-14(8)13(17-3)10-6-9(2)12(16)7-11(10)15/h6-8,13-14,17H,4-5H2,1-3H3. The second-order valence-corrected chi connectivity index (χ2v) is 5.40. The van der Waals surface area contributed by atoms with Crippen molar-refractivity contribution < 1.29 is 9.13 Å². The zero-order valence-electron chi connectivity index (χ0n) is 11.0. The van der Waals surface area contributed by atoms with Crippen LogP contribution in [-0.4, -0.2) is 19.8 Å². The highest BCUT2D eigenvalue weighted by Gasteiger charge is 2.33. The average Bonchev–Trinajstić information content (AvgIpc) is 2.73. The number of benzene rings is 1. The van der Waals surface area contributed by atoms with Gasteiger partial charge >= 0.3 is 0 Å². The molecule has 1 aliphatic heterocycles. The Labute approximate surface area is 112 Å². The molecule has 1 heterocycles. The van der Waals surface area contributed by atoms with Gasteiger partial charge in [0.15, 0.2) is 0 Å². The summed E-state index contributed by atoms with van der Waals surface area (Å²) in [5.74, 6) is 0.211. The second kappa shape index (κ2) is 5.55. The molecule has 0 spiro atoms. The number of halogens is 2. The van der Waals surface area contributed by atoms with Gasteiger partial charge in [-0.25, -0.2) is 4.39 Å². The van der Waals surface area contributed by atoms with Crippen molar-refractivity contribution in [3.05, 3.63) is 34.1 Å². The highest BCUT2D eigenvalue weighted by atomic mass is 35.5. The first kappa shape index (κ1) is 13.8. The van der Waals surface area contributed by atoms with E-state index in [1.807, 2.05) is 13.1 Å². The van der Waals surface area contributed by atoms with Crippen molar-refractivity contribution in [1.82, 2.24) is 5.32 Å². The van der Waals surface area contributed by atoms with Crippen molar-refractivity contribution in [1.29, 1.82) is 0 Å². The van der Waals surface area contributed by atoms with E-state index in [4.69, 9.17) is 16.3 Å². The van der Waals surface area contributed by atoms with Gasteiger partial charge in [0.1, 0.15) is 5.82 Å². The Bertz CT molecular complexity index is 438. The molecule has 0 bridgehead atoms. The summed E-state index contributed by atoms with van der Waals surface area (Å²) in [6.07, 6.45) is 1.15. The van der Waals surface area contributed by atoms with Crippen LogP contribution in [0.2, 0.25) is 5.02 Å². The van der Waals surface area contributed by atoms with Gasteiger partial charge in [-0.1, -0.05) is 24.6 Å². The summed E-state index contributed by atoms with van der Waals surface area (Å²) in [5.41, 5.74) is 1.53. The van der Waals surface area contributed by atoms with Crippen molar-refractivity contribution in [3.8, 4) is 0 Å². The van der Waals surface area contributed by atoms with Crippen LogP contribution < -0.4 is 5.32 Å². The van der Waals surface area contributed by atoms with Crippen LogP contribution in [-0.2, 0) is 4.74 Å². The molecule has 0 aliphatic carbocycles. The lowest BCUT2D eigenvalue weighted by molar-refractivity contribution is 0.0631. The third-order valence-corrected chi connectivity index (χ3v) is 4.02. The van der Waals surface area contributed by atoms with Crippen molar-refractivity contribution in [2.75, 3.05) is 13.7 Å². The molecule has 1 fully saturated rings. The third-order valence-electron chi connectivity index (χ3n) is 3.70. The molecule has 100 valence electrons. The molecule has 2 nitrogen and oxygen atoms in total. The minimum atomic E-state index is -0.265. The van der Waals surface area contributed by atoms with Gasteiger partial charge in [0.2, 0.25) is 0 Å². The molecule has 4 heteroatoms. The normalized spacial score (nSPS) is 25.4. The topological polar surface area (TPSA) is 21.3 Å². The number of hydrogen-bond donors (Lipinski definition) is 1. The van der Waals surface area contributed by atoms with Gasteiger partial charge in [-0.15, -0.1) is 0 Å². The predicted octanol–water partition coefficient (Wildman–Crippen LogP) is 3.47. The van der Waals surface area contributed by atoms with E-state index in [9.17, 15) is 4.39 Å². The zero-order valence-corrected chi connectivity index (χ0v) is 11.7. The van der Waals surface area contributed by atoms with Crippen LogP contribution in [0.25, 0.3) is 0 Å². The number of nitrogens with one attached hydrogen (secondary N) is 1. The fraction of sp³-hybridized carbons (Fsp3) is 0.571. The smallest absolute Gasteiger partial charge is 0.127 e. The van der Waals surface area contributed by atoms with E-state index in [1.54, 1.807) is 6.92 Å². The van der Waals surface area contributed by atoms with E-state index < -0.39 is 0 Å². The number of rotatable bonds is 3.